The van der Waals surface area contributed by atoms with Crippen molar-refractivity contribution in [3.63, 3.8) is 0 Å². The highest BCUT2D eigenvalue weighted by Crippen LogP contribution is 2.23. The van der Waals surface area contributed by atoms with E-state index in [-0.39, 0.29) is 11.7 Å². The van der Waals surface area contributed by atoms with Crippen LogP contribution in [0.4, 0.5) is 4.39 Å². The van der Waals surface area contributed by atoms with Gasteiger partial charge in [-0.15, -0.1) is 0 Å². The van der Waals surface area contributed by atoms with Crippen molar-refractivity contribution in [3.05, 3.63) is 35.7 Å². The van der Waals surface area contributed by atoms with Crippen molar-refractivity contribution in [2.24, 2.45) is 5.92 Å². The number of rotatable bonds is 1. The number of hydrogen-bond acceptors (Lipinski definition) is 1. The molecule has 2 aliphatic rings. The largest absolute Gasteiger partial charge is 0.313 e. The van der Waals surface area contributed by atoms with Gasteiger partial charge in [0.1, 0.15) is 5.83 Å². The van der Waals surface area contributed by atoms with E-state index in [0.717, 1.165) is 18.5 Å². The maximum atomic E-state index is 13.2. The molecule has 1 saturated heterocycles. The molecular formula is C12H16FN. The lowest BCUT2D eigenvalue weighted by atomic mass is 9.96. The first-order valence-electron chi connectivity index (χ1n) is 5.23. The van der Waals surface area contributed by atoms with Gasteiger partial charge in [-0.3, -0.25) is 0 Å². The predicted molar refractivity (Wildman–Crippen MR) is 56.6 cm³/mol. The van der Waals surface area contributed by atoms with E-state index in [1.807, 2.05) is 13.0 Å². The highest BCUT2D eigenvalue weighted by molar-refractivity contribution is 5.30. The molecule has 1 N–H and O–H groups in total. The first-order valence-corrected chi connectivity index (χ1v) is 5.23. The summed E-state index contributed by atoms with van der Waals surface area (Å²) in [4.78, 5) is 0. The summed E-state index contributed by atoms with van der Waals surface area (Å²) < 4.78 is 13.2. The molecule has 0 radical (unpaired) electrons. The normalized spacial score (nSPS) is 32.4. The Bertz CT molecular complexity index is 273. The van der Waals surface area contributed by atoms with Crippen molar-refractivity contribution in [3.8, 4) is 0 Å². The topological polar surface area (TPSA) is 12.0 Å². The summed E-state index contributed by atoms with van der Waals surface area (Å²) in [5.74, 6) is 0.101. The number of hydrogen-bond donors (Lipinski definition) is 1. The molecule has 2 heteroatoms. The standard InChI is InChI=1S/C12H16FN/c1-9-4-5-11(13)8-10(7-9)12-3-2-6-14-12/h4-5,7-8,10,12,14H,2-3,6H2,1H3. The minimum Gasteiger partial charge on any atom is -0.313 e. The lowest BCUT2D eigenvalue weighted by Gasteiger charge is -2.16. The van der Waals surface area contributed by atoms with Gasteiger partial charge in [-0.2, -0.15) is 0 Å². The number of allylic oxidation sites excluding steroid dienone is 4. The molecule has 0 spiro atoms. The van der Waals surface area contributed by atoms with Crippen LogP contribution in [0.25, 0.3) is 0 Å². The fraction of sp³-hybridized carbons (Fsp3) is 0.500. The van der Waals surface area contributed by atoms with Gasteiger partial charge in [0.2, 0.25) is 0 Å². The molecule has 0 amide bonds. The maximum absolute atomic E-state index is 13.2. The summed E-state index contributed by atoms with van der Waals surface area (Å²) in [5, 5.41) is 3.41. The molecule has 1 aliphatic carbocycles. The van der Waals surface area contributed by atoms with Crippen LogP contribution in [0.15, 0.2) is 35.7 Å². The van der Waals surface area contributed by atoms with Crippen molar-refractivity contribution in [1.29, 1.82) is 0 Å². The molecule has 2 rings (SSSR count). The molecule has 0 aromatic rings. The van der Waals surface area contributed by atoms with E-state index in [4.69, 9.17) is 0 Å². The maximum Gasteiger partial charge on any atom is 0.119 e. The van der Waals surface area contributed by atoms with Gasteiger partial charge in [-0.05, 0) is 38.5 Å². The Morgan fingerprint density at radius 1 is 1.36 bits per heavy atom. The van der Waals surface area contributed by atoms with Crippen molar-refractivity contribution in [1.82, 2.24) is 5.32 Å². The average Bonchev–Trinajstić information content (AvgIpc) is 2.61. The Morgan fingerprint density at radius 2 is 2.21 bits per heavy atom. The van der Waals surface area contributed by atoms with Crippen LogP contribution in [0.5, 0.6) is 0 Å². The SMILES string of the molecule is CC1=CC(C2CCCN2)C=C(F)C=C1. The lowest BCUT2D eigenvalue weighted by molar-refractivity contribution is 0.517. The Hall–Kier alpha value is -0.890. The lowest BCUT2D eigenvalue weighted by Crippen LogP contribution is -2.28. The van der Waals surface area contributed by atoms with Crippen LogP contribution < -0.4 is 5.32 Å². The third-order valence-corrected chi connectivity index (χ3v) is 2.88. The average molecular weight is 193 g/mol. The van der Waals surface area contributed by atoms with Crippen molar-refractivity contribution in [2.45, 2.75) is 25.8 Å². The molecule has 14 heavy (non-hydrogen) atoms. The van der Waals surface area contributed by atoms with Crippen LogP contribution in [0.2, 0.25) is 0 Å². The minimum atomic E-state index is -0.114. The molecule has 2 atom stereocenters. The second kappa shape index (κ2) is 4.09. The van der Waals surface area contributed by atoms with E-state index in [2.05, 4.69) is 11.4 Å². The Balaban J connectivity index is 2.17. The van der Waals surface area contributed by atoms with E-state index in [0.29, 0.717) is 6.04 Å². The molecule has 0 aromatic carbocycles. The van der Waals surface area contributed by atoms with Crippen LogP contribution >= 0.6 is 0 Å². The van der Waals surface area contributed by atoms with Crippen molar-refractivity contribution in [2.75, 3.05) is 6.54 Å². The van der Waals surface area contributed by atoms with Crippen LogP contribution in [0, 0.1) is 5.92 Å². The fourth-order valence-corrected chi connectivity index (χ4v) is 2.13. The minimum absolute atomic E-state index is 0.114. The summed E-state index contributed by atoms with van der Waals surface area (Å²) >= 11 is 0. The molecule has 0 saturated carbocycles. The van der Waals surface area contributed by atoms with Gasteiger partial charge in [0.25, 0.3) is 0 Å². The van der Waals surface area contributed by atoms with E-state index >= 15 is 0 Å². The highest BCUT2D eigenvalue weighted by atomic mass is 19.1. The molecule has 1 heterocycles. The second-order valence-corrected chi connectivity index (χ2v) is 4.08. The Kier molecular flexibility index (Phi) is 2.82. The molecule has 1 fully saturated rings. The zero-order valence-electron chi connectivity index (χ0n) is 8.46. The van der Waals surface area contributed by atoms with E-state index < -0.39 is 0 Å². The second-order valence-electron chi connectivity index (χ2n) is 4.08. The number of nitrogens with one attached hydrogen (secondary N) is 1. The Morgan fingerprint density at radius 3 is 2.93 bits per heavy atom. The highest BCUT2D eigenvalue weighted by Gasteiger charge is 2.22. The van der Waals surface area contributed by atoms with E-state index in [1.54, 1.807) is 12.2 Å². The van der Waals surface area contributed by atoms with Gasteiger partial charge in [0.05, 0.1) is 0 Å². The van der Waals surface area contributed by atoms with Crippen LogP contribution in [-0.4, -0.2) is 12.6 Å². The molecule has 2 unspecified atom stereocenters. The van der Waals surface area contributed by atoms with Gasteiger partial charge in [-0.1, -0.05) is 17.7 Å². The molecule has 1 nitrogen and oxygen atoms in total. The molecule has 1 aliphatic heterocycles. The fourth-order valence-electron chi connectivity index (χ4n) is 2.13. The predicted octanol–water partition coefficient (Wildman–Crippen LogP) is 2.72. The van der Waals surface area contributed by atoms with Crippen LogP contribution in [-0.2, 0) is 0 Å². The van der Waals surface area contributed by atoms with Crippen LogP contribution in [0.1, 0.15) is 19.8 Å². The van der Waals surface area contributed by atoms with Gasteiger partial charge in [0.15, 0.2) is 0 Å². The monoisotopic (exact) mass is 193 g/mol. The van der Waals surface area contributed by atoms with E-state index in [1.165, 1.54) is 6.42 Å². The summed E-state index contributed by atoms with van der Waals surface area (Å²) in [6.45, 7) is 3.09. The van der Waals surface area contributed by atoms with Gasteiger partial charge in [0, 0.05) is 12.0 Å². The third-order valence-electron chi connectivity index (χ3n) is 2.88. The van der Waals surface area contributed by atoms with Gasteiger partial charge >= 0.3 is 0 Å². The summed E-state index contributed by atoms with van der Waals surface area (Å²) in [5.41, 5.74) is 1.15. The molecule has 76 valence electrons. The Labute approximate surface area is 84.4 Å². The smallest absolute Gasteiger partial charge is 0.119 e. The molecule has 0 aromatic heterocycles. The first kappa shape index (κ1) is 9.66. The zero-order valence-corrected chi connectivity index (χ0v) is 8.46. The van der Waals surface area contributed by atoms with Gasteiger partial charge in [-0.25, -0.2) is 4.39 Å². The van der Waals surface area contributed by atoms with Gasteiger partial charge < -0.3 is 5.32 Å². The summed E-state index contributed by atoms with van der Waals surface area (Å²) in [6, 6.07) is 0.426. The van der Waals surface area contributed by atoms with Crippen LogP contribution in [0.3, 0.4) is 0 Å². The quantitative estimate of drug-likeness (QED) is 0.675. The summed E-state index contributed by atoms with van der Waals surface area (Å²) in [7, 11) is 0. The van der Waals surface area contributed by atoms with E-state index in [9.17, 15) is 4.39 Å². The van der Waals surface area contributed by atoms with Crippen molar-refractivity contribution >= 4 is 0 Å². The third kappa shape index (κ3) is 2.13. The summed E-state index contributed by atoms with van der Waals surface area (Å²) in [6.07, 6.45) is 9.60. The number of halogens is 1. The van der Waals surface area contributed by atoms with Crippen molar-refractivity contribution < 1.29 is 4.39 Å². The molecule has 0 bridgehead atoms. The molecular weight excluding hydrogens is 177 g/mol. The zero-order chi connectivity index (χ0) is 9.97. The first-order chi connectivity index (χ1) is 6.75.